The van der Waals surface area contributed by atoms with E-state index in [2.05, 4.69) is 5.32 Å². The van der Waals surface area contributed by atoms with E-state index in [4.69, 9.17) is 4.74 Å². The van der Waals surface area contributed by atoms with E-state index in [1.807, 2.05) is 18.2 Å². The molecule has 0 aromatic heterocycles. The molecule has 1 rings (SSSR count). The summed E-state index contributed by atoms with van der Waals surface area (Å²) in [7, 11) is 11.4. The number of nitrogens with zero attached hydrogens (tertiary/aromatic N) is 7. The van der Waals surface area contributed by atoms with E-state index >= 15 is 0 Å². The highest BCUT2D eigenvalue weighted by atomic mass is 16.5. The van der Waals surface area contributed by atoms with Gasteiger partial charge in [0.1, 0.15) is 13.2 Å². The Labute approximate surface area is 281 Å². The molecule has 17 heteroatoms. The van der Waals surface area contributed by atoms with E-state index in [9.17, 15) is 38.4 Å². The predicted octanol–water partition coefficient (Wildman–Crippen LogP) is -2.84. The average Bonchev–Trinajstić information content (AvgIpc) is 3.03. The molecular formula is C31H48N8O9. The normalized spacial score (nSPS) is 10.3. The van der Waals surface area contributed by atoms with Crippen molar-refractivity contribution in [3.63, 3.8) is 0 Å². The first-order valence-electron chi connectivity index (χ1n) is 15.0. The van der Waals surface area contributed by atoms with Gasteiger partial charge in [0.05, 0.1) is 45.8 Å². The first-order valence-corrected chi connectivity index (χ1v) is 15.0. The summed E-state index contributed by atoms with van der Waals surface area (Å²) in [4.78, 5) is 108. The molecule has 0 aliphatic carbocycles. The third kappa shape index (κ3) is 14.6. The number of nitrogens with one attached hydrogen (secondary N) is 1. The molecule has 0 radical (unpaired) electrons. The summed E-state index contributed by atoms with van der Waals surface area (Å²) in [6.07, 6.45) is 0. The number of hydrogen-bond donors (Lipinski definition) is 1. The number of amides is 7. The predicted molar refractivity (Wildman–Crippen MR) is 174 cm³/mol. The second-order valence-corrected chi connectivity index (χ2v) is 11.4. The third-order valence-electron chi connectivity index (χ3n) is 7.15. The first kappa shape index (κ1) is 41.0. The van der Waals surface area contributed by atoms with Crippen molar-refractivity contribution in [2.75, 3.05) is 109 Å². The van der Waals surface area contributed by atoms with Crippen molar-refractivity contribution < 1.29 is 43.1 Å². The standard InChI is InChI=1S/C31H48N8O9/c1-32-14-24(40)33(2)15-25(41)34(3)16-26(42)35(4)17-27(43)36(5)18-28(44)37(6)19-29(45)38(7)20-30(46)39(8)21-31(47)48-22-23-12-10-9-11-13-23/h9-13,32H,14-22H2,1-8H3. The minimum atomic E-state index is -0.608. The van der Waals surface area contributed by atoms with Crippen LogP contribution in [0.15, 0.2) is 30.3 Å². The van der Waals surface area contributed by atoms with Gasteiger partial charge in [0, 0.05) is 49.3 Å². The van der Waals surface area contributed by atoms with Crippen molar-refractivity contribution in [3.8, 4) is 0 Å². The number of likely N-dealkylation sites (N-methyl/N-ethyl adjacent to an activating group) is 8. The van der Waals surface area contributed by atoms with E-state index in [0.717, 1.165) is 35.0 Å². The summed E-state index contributed by atoms with van der Waals surface area (Å²) in [5.41, 5.74) is 0.802. The summed E-state index contributed by atoms with van der Waals surface area (Å²) in [5.74, 6) is -4.06. The van der Waals surface area contributed by atoms with Crippen molar-refractivity contribution >= 4 is 47.3 Å². The highest BCUT2D eigenvalue weighted by Gasteiger charge is 2.24. The number of benzene rings is 1. The molecule has 0 bridgehead atoms. The lowest BCUT2D eigenvalue weighted by Gasteiger charge is -2.27. The smallest absolute Gasteiger partial charge is 0.325 e. The number of carbonyl (C=O) groups excluding carboxylic acids is 8. The van der Waals surface area contributed by atoms with Crippen LogP contribution >= 0.6 is 0 Å². The molecule has 7 amide bonds. The summed E-state index contributed by atoms with van der Waals surface area (Å²) in [5, 5.41) is 2.70. The van der Waals surface area contributed by atoms with Crippen LogP contribution < -0.4 is 5.32 Å². The van der Waals surface area contributed by atoms with E-state index in [0.29, 0.717) is 0 Å². The molecule has 0 heterocycles. The number of ether oxygens (including phenoxy) is 1. The van der Waals surface area contributed by atoms with Gasteiger partial charge in [-0.2, -0.15) is 0 Å². The fourth-order valence-corrected chi connectivity index (χ4v) is 3.82. The van der Waals surface area contributed by atoms with Gasteiger partial charge in [-0.25, -0.2) is 0 Å². The minimum Gasteiger partial charge on any atom is -0.459 e. The first-order chi connectivity index (χ1) is 22.5. The van der Waals surface area contributed by atoms with Crippen molar-refractivity contribution in [1.82, 2.24) is 39.6 Å². The van der Waals surface area contributed by atoms with Gasteiger partial charge in [-0.1, -0.05) is 30.3 Å². The number of hydrogen-bond acceptors (Lipinski definition) is 10. The molecule has 0 unspecified atom stereocenters. The van der Waals surface area contributed by atoms with Crippen LogP contribution in [0, 0.1) is 0 Å². The molecule has 0 spiro atoms. The fourth-order valence-electron chi connectivity index (χ4n) is 3.82. The van der Waals surface area contributed by atoms with Crippen LogP contribution in [0.4, 0.5) is 0 Å². The number of esters is 1. The van der Waals surface area contributed by atoms with Crippen LogP contribution in [-0.4, -0.2) is 190 Å². The van der Waals surface area contributed by atoms with Crippen LogP contribution in [-0.2, 0) is 49.7 Å². The molecule has 1 aromatic rings. The Morgan fingerprint density at radius 3 is 1.08 bits per heavy atom. The van der Waals surface area contributed by atoms with Gasteiger partial charge in [-0.05, 0) is 12.6 Å². The summed E-state index contributed by atoms with van der Waals surface area (Å²) in [6, 6.07) is 9.06. The summed E-state index contributed by atoms with van der Waals surface area (Å²) >= 11 is 0. The van der Waals surface area contributed by atoms with E-state index < -0.39 is 41.4 Å². The van der Waals surface area contributed by atoms with Crippen LogP contribution in [0.3, 0.4) is 0 Å². The maximum absolute atomic E-state index is 12.7. The molecule has 0 saturated heterocycles. The Balaban J connectivity index is 2.49. The second kappa shape index (κ2) is 20.2. The molecular weight excluding hydrogens is 628 g/mol. The summed E-state index contributed by atoms with van der Waals surface area (Å²) < 4.78 is 5.18. The van der Waals surface area contributed by atoms with Crippen LogP contribution in [0.1, 0.15) is 5.56 Å². The Hall–Kier alpha value is -5.06. The molecule has 0 fully saturated rings. The maximum atomic E-state index is 12.7. The van der Waals surface area contributed by atoms with E-state index in [1.54, 1.807) is 19.2 Å². The van der Waals surface area contributed by atoms with Gasteiger partial charge in [-0.15, -0.1) is 0 Å². The highest BCUT2D eigenvalue weighted by Crippen LogP contribution is 2.02. The SMILES string of the molecule is CNCC(=O)N(C)CC(=O)N(C)CC(=O)N(C)CC(=O)N(C)CC(=O)N(C)CC(=O)N(C)CC(=O)N(C)CC(=O)OCc1ccccc1. The van der Waals surface area contributed by atoms with Crippen LogP contribution in [0.2, 0.25) is 0 Å². The zero-order valence-electron chi connectivity index (χ0n) is 29.1. The van der Waals surface area contributed by atoms with Crippen LogP contribution in [0.25, 0.3) is 0 Å². The lowest BCUT2D eigenvalue weighted by Crippen LogP contribution is -2.49. The molecule has 0 saturated carbocycles. The molecule has 17 nitrogen and oxygen atoms in total. The lowest BCUT2D eigenvalue weighted by molar-refractivity contribution is -0.150. The van der Waals surface area contributed by atoms with Gasteiger partial charge in [-0.3, -0.25) is 38.4 Å². The summed E-state index contributed by atoms with van der Waals surface area (Å²) in [6.45, 7) is -2.19. The average molecular weight is 677 g/mol. The van der Waals surface area contributed by atoms with Gasteiger partial charge in [0.15, 0.2) is 0 Å². The van der Waals surface area contributed by atoms with Gasteiger partial charge < -0.3 is 44.4 Å². The van der Waals surface area contributed by atoms with Crippen molar-refractivity contribution in [3.05, 3.63) is 35.9 Å². The Bertz CT molecular complexity index is 1310. The lowest BCUT2D eigenvalue weighted by atomic mass is 10.2. The molecule has 1 N–H and O–H groups in total. The van der Waals surface area contributed by atoms with Crippen molar-refractivity contribution in [1.29, 1.82) is 0 Å². The van der Waals surface area contributed by atoms with Crippen molar-refractivity contribution in [2.24, 2.45) is 0 Å². The Morgan fingerprint density at radius 2 is 0.771 bits per heavy atom. The molecule has 48 heavy (non-hydrogen) atoms. The molecule has 0 aliphatic rings. The van der Waals surface area contributed by atoms with E-state index in [1.165, 1.54) is 54.2 Å². The topological polar surface area (TPSA) is 180 Å². The quantitative estimate of drug-likeness (QED) is 0.159. The van der Waals surface area contributed by atoms with E-state index in [-0.39, 0.29) is 64.9 Å². The van der Waals surface area contributed by atoms with Gasteiger partial charge in [0.25, 0.3) is 0 Å². The fraction of sp³-hybridized carbons (Fsp3) is 0.548. The zero-order chi connectivity index (χ0) is 36.6. The second-order valence-electron chi connectivity index (χ2n) is 11.4. The van der Waals surface area contributed by atoms with Crippen LogP contribution in [0.5, 0.6) is 0 Å². The molecule has 266 valence electrons. The minimum absolute atomic E-state index is 0.0618. The number of rotatable bonds is 18. The molecule has 0 aliphatic heterocycles. The Kier molecular flexibility index (Phi) is 17.3. The number of carbonyl (C=O) groups is 8. The Morgan fingerprint density at radius 1 is 0.479 bits per heavy atom. The van der Waals surface area contributed by atoms with Gasteiger partial charge in [0.2, 0.25) is 41.4 Å². The monoisotopic (exact) mass is 676 g/mol. The maximum Gasteiger partial charge on any atom is 0.325 e. The molecule has 1 aromatic carbocycles. The zero-order valence-corrected chi connectivity index (χ0v) is 29.1. The van der Waals surface area contributed by atoms with Gasteiger partial charge >= 0.3 is 5.97 Å². The largest absolute Gasteiger partial charge is 0.459 e. The molecule has 0 atom stereocenters. The highest BCUT2D eigenvalue weighted by molar-refractivity contribution is 5.92. The third-order valence-corrected chi connectivity index (χ3v) is 7.15. The van der Waals surface area contributed by atoms with Crippen molar-refractivity contribution in [2.45, 2.75) is 6.61 Å².